The van der Waals surface area contributed by atoms with Crippen molar-refractivity contribution < 1.29 is 0 Å². The molecule has 1 rings (SSSR count). The fourth-order valence-corrected chi connectivity index (χ4v) is 15.6. The first-order valence-electron chi connectivity index (χ1n) is 36.1. The minimum absolute atomic E-state index is 0.907. The summed E-state index contributed by atoms with van der Waals surface area (Å²) in [5, 5.41) is 0. The van der Waals surface area contributed by atoms with Crippen LogP contribution < -0.4 is 0 Å². The van der Waals surface area contributed by atoms with E-state index in [1.54, 1.807) is 14.7 Å². The lowest BCUT2D eigenvalue weighted by molar-refractivity contribution is 0.523. The Morgan fingerprint density at radius 2 is 0.377 bits per heavy atom. The van der Waals surface area contributed by atoms with E-state index in [0.29, 0.717) is 0 Å². The Hall–Kier alpha value is 0.270. The van der Waals surface area contributed by atoms with Crippen LogP contribution in [0.25, 0.3) is 0 Å². The maximum atomic E-state index is 4.38. The van der Waals surface area contributed by atoms with Gasteiger partial charge >= 0.3 is 0 Å². The molecule has 0 aliphatic carbocycles. The minimum atomic E-state index is 0.907. The van der Waals surface area contributed by atoms with Crippen molar-refractivity contribution in [2.24, 2.45) is 0 Å². The van der Waals surface area contributed by atoms with Gasteiger partial charge in [-0.05, 0) is 67.6 Å². The molecule has 77 heavy (non-hydrogen) atoms. The van der Waals surface area contributed by atoms with Crippen LogP contribution in [0.2, 0.25) is 0 Å². The van der Waals surface area contributed by atoms with E-state index >= 15 is 0 Å². The van der Waals surface area contributed by atoms with Gasteiger partial charge in [0.25, 0.3) is 0 Å². The Balaban J connectivity index is 2.35. The Morgan fingerprint density at radius 3 is 0.545 bits per heavy atom. The van der Waals surface area contributed by atoms with Crippen LogP contribution in [0.5, 0.6) is 0 Å². The summed E-state index contributed by atoms with van der Waals surface area (Å²) < 4.78 is 0. The van der Waals surface area contributed by atoms with Gasteiger partial charge in [-0.2, -0.15) is 0 Å². The van der Waals surface area contributed by atoms with Gasteiger partial charge in [-0.3, -0.25) is 0 Å². The molecule has 0 N–H and O–H groups in total. The van der Waals surface area contributed by atoms with E-state index in [2.05, 4.69) is 75.1 Å². The summed E-state index contributed by atoms with van der Waals surface area (Å²) in [5.74, 6) is 3.83. The number of hydrogen-bond acceptors (Lipinski definition) is 3. The van der Waals surface area contributed by atoms with Gasteiger partial charge in [0.1, 0.15) is 0 Å². The fraction of sp³-hybridized carbons (Fsp3) is 0.905. The molecule has 0 aromatic heterocycles. The zero-order valence-electron chi connectivity index (χ0n) is 53.3. The summed E-state index contributed by atoms with van der Waals surface area (Å²) >= 11 is 6.56. The van der Waals surface area contributed by atoms with E-state index in [0.717, 1.165) is 6.42 Å². The largest absolute Gasteiger partial charge is 0.125 e. The van der Waals surface area contributed by atoms with Crippen molar-refractivity contribution in [3.63, 3.8) is 0 Å². The zero-order chi connectivity index (χ0) is 55.1. The second kappa shape index (κ2) is 65.4. The van der Waals surface area contributed by atoms with Crippen LogP contribution in [0.3, 0.4) is 0 Å². The van der Waals surface area contributed by atoms with Crippen LogP contribution in [-0.2, 0) is 6.42 Å². The normalized spacial score (nSPS) is 11.7. The molecular formula is C74H141S3. The topological polar surface area (TPSA) is 0 Å². The van der Waals surface area contributed by atoms with E-state index in [9.17, 15) is 0 Å². The van der Waals surface area contributed by atoms with E-state index in [1.807, 2.05) is 0 Å². The standard InChI is InChI=1S/C74H141S3/c1-5-9-12-15-18-21-24-27-30-33-36-39-42-45-48-51-54-57-60-63-66-75-72-69-71(8-4)70-73(76-67-64-61-58-55-52-49-46-43-40-37-34-31-28-25-22-19-16-13-10-6-2)74(72)77-68-65-62-59-56-53-50-47-44-41-38-35-32-29-26-23-20-17-14-11-7-3/h69-70H,4-68H2,1-3H3. The molecule has 3 heteroatoms. The molecule has 0 heterocycles. The quantitative estimate of drug-likeness (QED) is 0.0471. The minimum Gasteiger partial charge on any atom is -0.125 e. The van der Waals surface area contributed by atoms with Gasteiger partial charge in [-0.15, -0.1) is 35.3 Å². The third-order valence-corrected chi connectivity index (χ3v) is 20.9. The van der Waals surface area contributed by atoms with Crippen molar-refractivity contribution in [3.8, 4) is 0 Å². The SMILES string of the molecule is [CH2]Cc1cc(SCCCCCCCCCCCCCCCCCCCCCC)c(SCCCCCCCCCCCCCCCCCCCCCC)c(SCCCCCCCCCCCCCCCCCCCCCC)c1. The molecule has 0 saturated carbocycles. The highest BCUT2D eigenvalue weighted by molar-refractivity contribution is 8.03. The monoisotopic (exact) mass is 1130 g/mol. The van der Waals surface area contributed by atoms with Crippen LogP contribution in [0.15, 0.2) is 26.8 Å². The molecule has 0 aliphatic heterocycles. The Bertz CT molecular complexity index is 1180. The predicted molar refractivity (Wildman–Crippen MR) is 362 cm³/mol. The van der Waals surface area contributed by atoms with Gasteiger partial charge in [0.05, 0.1) is 0 Å². The lowest BCUT2D eigenvalue weighted by atomic mass is 10.0. The fourth-order valence-electron chi connectivity index (χ4n) is 11.7. The maximum absolute atomic E-state index is 4.38. The highest BCUT2D eigenvalue weighted by Gasteiger charge is 2.14. The number of rotatable bonds is 67. The van der Waals surface area contributed by atoms with Crippen molar-refractivity contribution in [3.05, 3.63) is 24.6 Å². The van der Waals surface area contributed by atoms with Crippen LogP contribution >= 0.6 is 35.3 Å². The summed E-state index contributed by atoms with van der Waals surface area (Å²) in [6.07, 6.45) is 88.1. The molecule has 0 aliphatic rings. The number of hydrogen-bond donors (Lipinski definition) is 0. The summed E-state index contributed by atoms with van der Waals surface area (Å²) in [7, 11) is 0. The highest BCUT2D eigenvalue weighted by Crippen LogP contribution is 2.41. The zero-order valence-corrected chi connectivity index (χ0v) is 55.8. The van der Waals surface area contributed by atoms with Crippen molar-refractivity contribution in [1.82, 2.24) is 0 Å². The van der Waals surface area contributed by atoms with Crippen LogP contribution in [-0.4, -0.2) is 17.3 Å². The first-order chi connectivity index (χ1) is 38.3. The van der Waals surface area contributed by atoms with Crippen molar-refractivity contribution in [2.75, 3.05) is 17.3 Å². The molecule has 1 radical (unpaired) electrons. The summed E-state index contributed by atoms with van der Waals surface area (Å²) in [4.78, 5) is 4.78. The average Bonchev–Trinajstić information content (AvgIpc) is 3.44. The Kier molecular flexibility index (Phi) is 64.0. The number of thioether (sulfide) groups is 3. The predicted octanol–water partition coefficient (Wildman–Crippen LogP) is 28.8. The molecule has 0 spiro atoms. The van der Waals surface area contributed by atoms with E-state index in [4.69, 9.17) is 0 Å². The number of benzene rings is 1. The third kappa shape index (κ3) is 55.2. The van der Waals surface area contributed by atoms with Crippen molar-refractivity contribution >= 4 is 35.3 Å². The van der Waals surface area contributed by atoms with Crippen LogP contribution in [0.4, 0.5) is 0 Å². The third-order valence-electron chi connectivity index (χ3n) is 17.1. The van der Waals surface area contributed by atoms with E-state index < -0.39 is 0 Å². The highest BCUT2D eigenvalue weighted by atomic mass is 32.2. The van der Waals surface area contributed by atoms with Gasteiger partial charge in [0, 0.05) is 14.7 Å². The molecule has 0 fully saturated rings. The van der Waals surface area contributed by atoms with Gasteiger partial charge in [-0.1, -0.05) is 387 Å². The molecule has 0 amide bonds. The Morgan fingerprint density at radius 1 is 0.221 bits per heavy atom. The molecule has 0 saturated heterocycles. The lowest BCUT2D eigenvalue weighted by Gasteiger charge is -2.16. The molecule has 0 unspecified atom stereocenters. The smallest absolute Gasteiger partial charge is 0.0344 e. The van der Waals surface area contributed by atoms with Gasteiger partial charge < -0.3 is 0 Å². The van der Waals surface area contributed by atoms with Gasteiger partial charge in [-0.25, -0.2) is 0 Å². The first kappa shape index (κ1) is 75.3. The van der Waals surface area contributed by atoms with Crippen molar-refractivity contribution in [1.29, 1.82) is 0 Å². The van der Waals surface area contributed by atoms with Crippen molar-refractivity contribution in [2.45, 2.75) is 427 Å². The molecule has 455 valence electrons. The van der Waals surface area contributed by atoms with Crippen LogP contribution in [0.1, 0.15) is 412 Å². The maximum Gasteiger partial charge on any atom is 0.0344 e. The molecule has 1 aromatic rings. The van der Waals surface area contributed by atoms with Gasteiger partial charge in [0.15, 0.2) is 0 Å². The molecule has 0 atom stereocenters. The molecular weight excluding hydrogens is 985 g/mol. The second-order valence-corrected chi connectivity index (χ2v) is 28.2. The first-order valence-corrected chi connectivity index (χ1v) is 39.1. The lowest BCUT2D eigenvalue weighted by Crippen LogP contribution is -1.94. The Labute approximate surface area is 501 Å². The summed E-state index contributed by atoms with van der Waals surface area (Å²) in [6, 6.07) is 5.08. The van der Waals surface area contributed by atoms with E-state index in [1.165, 1.54) is 408 Å². The van der Waals surface area contributed by atoms with E-state index in [-0.39, 0.29) is 0 Å². The summed E-state index contributed by atoms with van der Waals surface area (Å²) in [5.41, 5.74) is 1.45. The summed E-state index contributed by atoms with van der Waals surface area (Å²) in [6.45, 7) is 11.3. The van der Waals surface area contributed by atoms with Gasteiger partial charge in [0.2, 0.25) is 0 Å². The molecule has 1 aromatic carbocycles. The van der Waals surface area contributed by atoms with Crippen LogP contribution in [0, 0.1) is 6.92 Å². The molecule has 0 nitrogen and oxygen atoms in total. The number of unbranched alkanes of at least 4 members (excludes halogenated alkanes) is 57. The average molecular weight is 1130 g/mol. The molecule has 0 bridgehead atoms. The second-order valence-electron chi connectivity index (χ2n) is 24.9.